The smallest absolute Gasteiger partial charge is 0.335 e. The summed E-state index contributed by atoms with van der Waals surface area (Å²) in [7, 11) is 0. The van der Waals surface area contributed by atoms with Gasteiger partial charge in [0.15, 0.2) is 5.76 Å². The number of carboxylic acids is 1. The minimum Gasteiger partial charge on any atom is -0.478 e. The van der Waals surface area contributed by atoms with Gasteiger partial charge in [-0.2, -0.15) is 0 Å². The van der Waals surface area contributed by atoms with Crippen molar-refractivity contribution in [2.24, 2.45) is 0 Å². The first-order valence-corrected chi connectivity index (χ1v) is 5.14. The maximum atomic E-state index is 10.8. The molecule has 0 saturated heterocycles. The minimum absolute atomic E-state index is 0.253. The van der Waals surface area contributed by atoms with E-state index < -0.39 is 5.97 Å². The lowest BCUT2D eigenvalue weighted by atomic mass is 10.2. The van der Waals surface area contributed by atoms with Crippen LogP contribution in [0.2, 0.25) is 0 Å². The Morgan fingerprint density at radius 3 is 2.94 bits per heavy atom. The topological polar surface area (TPSA) is 75.4 Å². The van der Waals surface area contributed by atoms with Crippen LogP contribution in [-0.2, 0) is 6.54 Å². The first-order chi connectivity index (χ1) is 8.15. The number of rotatable bonds is 4. The van der Waals surface area contributed by atoms with Gasteiger partial charge in [0.05, 0.1) is 17.8 Å². The number of nitrogens with one attached hydrogen (secondary N) is 1. The van der Waals surface area contributed by atoms with Crippen LogP contribution in [0.25, 0.3) is 0 Å². The molecule has 1 aromatic heterocycles. The summed E-state index contributed by atoms with van der Waals surface area (Å²) in [5.41, 5.74) is 1.81. The number of aryl methyl sites for hydroxylation is 1. The van der Waals surface area contributed by atoms with Crippen LogP contribution in [0.3, 0.4) is 0 Å². The van der Waals surface area contributed by atoms with Crippen molar-refractivity contribution in [1.29, 1.82) is 0 Å². The molecule has 0 aliphatic heterocycles. The number of nitrogens with zero attached hydrogens (tertiary/aromatic N) is 1. The summed E-state index contributed by atoms with van der Waals surface area (Å²) in [4.78, 5) is 10.8. The Balaban J connectivity index is 2.04. The molecule has 0 saturated carbocycles. The highest BCUT2D eigenvalue weighted by atomic mass is 16.5. The largest absolute Gasteiger partial charge is 0.478 e. The van der Waals surface area contributed by atoms with Crippen molar-refractivity contribution < 1.29 is 14.4 Å². The number of anilines is 1. The van der Waals surface area contributed by atoms with Gasteiger partial charge >= 0.3 is 5.97 Å². The average Bonchev–Trinajstić information content (AvgIpc) is 2.73. The second-order valence-corrected chi connectivity index (χ2v) is 3.67. The SMILES string of the molecule is Cc1cc(CNc2cccc(C(=O)O)c2)on1. The third-order valence-corrected chi connectivity index (χ3v) is 2.25. The van der Waals surface area contributed by atoms with Crippen molar-refractivity contribution in [1.82, 2.24) is 5.16 Å². The molecule has 0 fully saturated rings. The second kappa shape index (κ2) is 4.69. The summed E-state index contributed by atoms with van der Waals surface area (Å²) in [5, 5.41) is 15.7. The minimum atomic E-state index is -0.941. The van der Waals surface area contributed by atoms with Crippen LogP contribution in [0, 0.1) is 6.92 Å². The van der Waals surface area contributed by atoms with Gasteiger partial charge in [0.1, 0.15) is 0 Å². The van der Waals surface area contributed by atoms with Gasteiger partial charge in [-0.15, -0.1) is 0 Å². The number of benzene rings is 1. The monoisotopic (exact) mass is 232 g/mol. The molecule has 88 valence electrons. The fraction of sp³-hybridized carbons (Fsp3) is 0.167. The van der Waals surface area contributed by atoms with Gasteiger partial charge < -0.3 is 14.9 Å². The van der Waals surface area contributed by atoms with Crippen LogP contribution >= 0.6 is 0 Å². The van der Waals surface area contributed by atoms with Crippen molar-refractivity contribution in [3.8, 4) is 0 Å². The second-order valence-electron chi connectivity index (χ2n) is 3.67. The molecule has 17 heavy (non-hydrogen) atoms. The molecule has 0 spiro atoms. The van der Waals surface area contributed by atoms with E-state index in [1.54, 1.807) is 24.3 Å². The molecule has 2 rings (SSSR count). The zero-order chi connectivity index (χ0) is 12.3. The molecule has 0 atom stereocenters. The van der Waals surface area contributed by atoms with Gasteiger partial charge in [-0.3, -0.25) is 0 Å². The Morgan fingerprint density at radius 2 is 2.29 bits per heavy atom. The van der Waals surface area contributed by atoms with Crippen molar-refractivity contribution in [3.63, 3.8) is 0 Å². The summed E-state index contributed by atoms with van der Waals surface area (Å²) in [5.74, 6) is -0.229. The van der Waals surface area contributed by atoms with Gasteiger partial charge in [0.25, 0.3) is 0 Å². The maximum Gasteiger partial charge on any atom is 0.335 e. The van der Waals surface area contributed by atoms with Crippen LogP contribution in [0.4, 0.5) is 5.69 Å². The van der Waals surface area contributed by atoms with Crippen LogP contribution in [0.1, 0.15) is 21.8 Å². The first kappa shape index (κ1) is 11.2. The highest BCUT2D eigenvalue weighted by Gasteiger charge is 2.04. The Bertz CT molecular complexity index is 534. The summed E-state index contributed by atoms with van der Waals surface area (Å²) in [6, 6.07) is 8.44. The quantitative estimate of drug-likeness (QED) is 0.845. The number of aromatic nitrogens is 1. The van der Waals surface area contributed by atoms with E-state index in [1.165, 1.54) is 0 Å². The Kier molecular flexibility index (Phi) is 3.09. The lowest BCUT2D eigenvalue weighted by Gasteiger charge is -2.04. The molecule has 2 N–H and O–H groups in total. The highest BCUT2D eigenvalue weighted by Crippen LogP contribution is 2.12. The zero-order valence-electron chi connectivity index (χ0n) is 9.30. The summed E-state index contributed by atoms with van der Waals surface area (Å²) in [6.07, 6.45) is 0. The van der Waals surface area contributed by atoms with E-state index in [2.05, 4.69) is 10.5 Å². The molecular weight excluding hydrogens is 220 g/mol. The fourth-order valence-corrected chi connectivity index (χ4v) is 1.45. The zero-order valence-corrected chi connectivity index (χ0v) is 9.30. The number of carboxylic acid groups (broad SMARTS) is 1. The fourth-order valence-electron chi connectivity index (χ4n) is 1.45. The van der Waals surface area contributed by atoms with E-state index in [0.717, 1.165) is 11.4 Å². The summed E-state index contributed by atoms with van der Waals surface area (Å²) < 4.78 is 5.03. The average molecular weight is 232 g/mol. The molecule has 0 amide bonds. The Labute approximate surface area is 98.1 Å². The van der Waals surface area contributed by atoms with Gasteiger partial charge in [0, 0.05) is 11.8 Å². The normalized spacial score (nSPS) is 10.2. The van der Waals surface area contributed by atoms with Crippen molar-refractivity contribution in [2.45, 2.75) is 13.5 Å². The van der Waals surface area contributed by atoms with Crippen LogP contribution in [-0.4, -0.2) is 16.2 Å². The molecule has 5 heteroatoms. The number of aromatic carboxylic acids is 1. The molecule has 0 radical (unpaired) electrons. The van der Waals surface area contributed by atoms with E-state index in [-0.39, 0.29) is 5.56 Å². The van der Waals surface area contributed by atoms with Crippen LogP contribution in [0.5, 0.6) is 0 Å². The van der Waals surface area contributed by atoms with Crippen molar-refractivity contribution >= 4 is 11.7 Å². The maximum absolute atomic E-state index is 10.8. The Hall–Kier alpha value is -2.30. The van der Waals surface area contributed by atoms with E-state index in [1.807, 2.05) is 13.0 Å². The molecular formula is C12H12N2O3. The highest BCUT2D eigenvalue weighted by molar-refractivity contribution is 5.88. The third kappa shape index (κ3) is 2.84. The molecule has 0 aliphatic carbocycles. The van der Waals surface area contributed by atoms with Gasteiger partial charge in [-0.1, -0.05) is 11.2 Å². The standard InChI is InChI=1S/C12H12N2O3/c1-8-5-11(17-14-8)7-13-10-4-2-3-9(6-10)12(15)16/h2-6,13H,7H2,1H3,(H,15,16). The molecule has 0 unspecified atom stereocenters. The van der Waals surface area contributed by atoms with Gasteiger partial charge in [0.2, 0.25) is 0 Å². The number of hydrogen-bond acceptors (Lipinski definition) is 4. The number of hydrogen-bond donors (Lipinski definition) is 2. The van der Waals surface area contributed by atoms with Crippen molar-refractivity contribution in [3.05, 3.63) is 47.3 Å². The predicted molar refractivity (Wildman–Crippen MR) is 62.0 cm³/mol. The molecule has 2 aromatic rings. The van der Waals surface area contributed by atoms with Gasteiger partial charge in [-0.25, -0.2) is 4.79 Å². The van der Waals surface area contributed by atoms with E-state index in [0.29, 0.717) is 12.3 Å². The molecule has 5 nitrogen and oxygen atoms in total. The van der Waals surface area contributed by atoms with E-state index >= 15 is 0 Å². The van der Waals surface area contributed by atoms with E-state index in [9.17, 15) is 4.79 Å². The van der Waals surface area contributed by atoms with E-state index in [4.69, 9.17) is 9.63 Å². The lowest BCUT2D eigenvalue weighted by molar-refractivity contribution is 0.0697. The summed E-state index contributed by atoms with van der Waals surface area (Å²) >= 11 is 0. The van der Waals surface area contributed by atoms with Gasteiger partial charge in [-0.05, 0) is 25.1 Å². The predicted octanol–water partition coefficient (Wildman–Crippen LogP) is 2.29. The molecule has 1 aromatic carbocycles. The van der Waals surface area contributed by atoms with Crippen molar-refractivity contribution in [2.75, 3.05) is 5.32 Å². The molecule has 1 heterocycles. The molecule has 0 bridgehead atoms. The lowest BCUT2D eigenvalue weighted by Crippen LogP contribution is -2.01. The molecule has 0 aliphatic rings. The number of carbonyl (C=O) groups is 1. The Morgan fingerprint density at radius 1 is 1.47 bits per heavy atom. The third-order valence-electron chi connectivity index (χ3n) is 2.25. The first-order valence-electron chi connectivity index (χ1n) is 5.14. The van der Waals surface area contributed by atoms with Crippen LogP contribution < -0.4 is 5.32 Å². The summed E-state index contributed by atoms with van der Waals surface area (Å²) in [6.45, 7) is 2.32. The van der Waals surface area contributed by atoms with Crippen LogP contribution in [0.15, 0.2) is 34.9 Å².